The van der Waals surface area contributed by atoms with Crippen molar-refractivity contribution in [1.82, 2.24) is 10.3 Å². The zero-order valence-electron chi connectivity index (χ0n) is 17.9. The van der Waals surface area contributed by atoms with E-state index in [2.05, 4.69) is 15.6 Å². The third-order valence-corrected chi connectivity index (χ3v) is 5.10. The number of carboxylic acid groups (broad SMARTS) is 1. The molecule has 1 heterocycles. The van der Waals surface area contributed by atoms with E-state index in [1.807, 2.05) is 43.3 Å². The van der Waals surface area contributed by atoms with Crippen molar-refractivity contribution in [2.75, 3.05) is 18.6 Å². The Morgan fingerprint density at radius 2 is 1.88 bits per heavy atom. The lowest BCUT2D eigenvalue weighted by molar-refractivity contribution is -0.140. The van der Waals surface area contributed by atoms with Crippen LogP contribution in [0.3, 0.4) is 0 Å². The molecule has 3 aromatic rings. The third kappa shape index (κ3) is 6.06. The number of halogens is 1. The molecule has 0 saturated carbocycles. The number of aromatic amines is 1. The summed E-state index contributed by atoms with van der Waals surface area (Å²) in [5, 5.41) is 15.8. The number of hydrogen-bond donors (Lipinski definition) is 4. The number of H-pyrrole nitrogens is 1. The lowest BCUT2D eigenvalue weighted by Crippen LogP contribution is -2.43. The minimum atomic E-state index is -1.42. The van der Waals surface area contributed by atoms with Gasteiger partial charge in [0.15, 0.2) is 5.78 Å². The first-order chi connectivity index (χ1) is 15.8. The number of amides is 2. The van der Waals surface area contributed by atoms with Crippen LogP contribution in [0, 0.1) is 6.92 Å². The normalized spacial score (nSPS) is 11.8. The first-order valence-electron chi connectivity index (χ1n) is 10.3. The van der Waals surface area contributed by atoms with Crippen molar-refractivity contribution in [3.8, 4) is 0 Å². The average Bonchev–Trinajstić information content (AvgIpc) is 3.13. The van der Waals surface area contributed by atoms with E-state index in [1.54, 1.807) is 0 Å². The van der Waals surface area contributed by atoms with Gasteiger partial charge >= 0.3 is 12.1 Å². The highest BCUT2D eigenvalue weighted by molar-refractivity contribution is 6.09. The molecule has 0 radical (unpaired) electrons. The first-order valence-corrected chi connectivity index (χ1v) is 10.3. The fourth-order valence-electron chi connectivity index (χ4n) is 3.46. The number of rotatable bonds is 10. The number of fused-ring (bicyclic) bond motifs is 3. The Balaban J connectivity index is 1.49. The molecule has 2 amide bonds. The predicted molar refractivity (Wildman–Crippen MR) is 120 cm³/mol. The predicted octanol–water partition coefficient (Wildman–Crippen LogP) is 3.46. The molecule has 0 spiro atoms. The van der Waals surface area contributed by atoms with E-state index in [0.717, 1.165) is 27.4 Å². The number of carboxylic acids is 1. The van der Waals surface area contributed by atoms with Crippen LogP contribution in [0.2, 0.25) is 0 Å². The lowest BCUT2D eigenvalue weighted by Gasteiger charge is -2.14. The Kier molecular flexibility index (Phi) is 7.60. The molecule has 0 bridgehead atoms. The monoisotopic (exact) mass is 457 g/mol. The average molecular weight is 457 g/mol. The highest BCUT2D eigenvalue weighted by atomic mass is 19.1. The molecule has 9 nitrogen and oxygen atoms in total. The molecule has 3 rings (SSSR count). The number of anilines is 1. The molecule has 10 heteroatoms. The summed E-state index contributed by atoms with van der Waals surface area (Å²) in [6, 6.07) is 10.3. The second-order valence-corrected chi connectivity index (χ2v) is 7.57. The maximum absolute atomic E-state index is 12.5. The number of alkyl halides is 1. The Hall–Kier alpha value is -3.95. The number of ketones is 1. The number of Topliss-reactive ketones (excluding diaryl/α,β-unsaturated/α-hetero) is 1. The van der Waals surface area contributed by atoms with Crippen LogP contribution in [0.1, 0.15) is 24.8 Å². The maximum Gasteiger partial charge on any atom is 0.411 e. The van der Waals surface area contributed by atoms with Gasteiger partial charge in [-0.3, -0.25) is 19.7 Å². The van der Waals surface area contributed by atoms with Crippen LogP contribution in [-0.4, -0.2) is 53.2 Å². The highest BCUT2D eigenvalue weighted by Gasteiger charge is 2.23. The maximum atomic E-state index is 12.5. The second kappa shape index (κ2) is 10.6. The van der Waals surface area contributed by atoms with E-state index in [4.69, 9.17) is 9.84 Å². The van der Waals surface area contributed by atoms with Crippen molar-refractivity contribution in [3.05, 3.63) is 42.0 Å². The smallest absolute Gasteiger partial charge is 0.411 e. The van der Waals surface area contributed by atoms with E-state index in [0.29, 0.717) is 5.69 Å². The second-order valence-electron chi connectivity index (χ2n) is 7.57. The van der Waals surface area contributed by atoms with Crippen LogP contribution in [0.5, 0.6) is 0 Å². The van der Waals surface area contributed by atoms with Crippen molar-refractivity contribution in [2.45, 2.75) is 32.2 Å². The molecule has 0 unspecified atom stereocenters. The van der Waals surface area contributed by atoms with Crippen LogP contribution in [-0.2, 0) is 19.1 Å². The van der Waals surface area contributed by atoms with Gasteiger partial charge in [0.2, 0.25) is 5.91 Å². The molecule has 0 saturated heterocycles. The molecule has 0 fully saturated rings. The fraction of sp³-hybridized carbons (Fsp3) is 0.304. The zero-order chi connectivity index (χ0) is 24.0. The number of carbonyl (C=O) groups excluding carboxylic acids is 3. The Labute approximate surface area is 188 Å². The number of carbonyl (C=O) groups is 4. The molecule has 2 aromatic carbocycles. The minimum absolute atomic E-state index is 0.0758. The summed E-state index contributed by atoms with van der Waals surface area (Å²) in [6.45, 7) is 0.423. The summed E-state index contributed by atoms with van der Waals surface area (Å²) in [4.78, 5) is 49.5. The van der Waals surface area contributed by atoms with Crippen LogP contribution in [0.25, 0.3) is 21.8 Å². The quantitative estimate of drug-likeness (QED) is 0.344. The number of aromatic nitrogens is 1. The number of nitrogens with one attached hydrogen (secondary N) is 3. The van der Waals surface area contributed by atoms with Crippen molar-refractivity contribution in [2.24, 2.45) is 0 Å². The minimum Gasteiger partial charge on any atom is -0.481 e. The van der Waals surface area contributed by atoms with Gasteiger partial charge in [0.05, 0.1) is 13.0 Å². The van der Waals surface area contributed by atoms with Gasteiger partial charge in [0.1, 0.15) is 12.7 Å². The fourth-order valence-corrected chi connectivity index (χ4v) is 3.46. The molecule has 0 aliphatic heterocycles. The number of aliphatic carboxylic acids is 1. The summed E-state index contributed by atoms with van der Waals surface area (Å²) < 4.78 is 17.6. The van der Waals surface area contributed by atoms with Gasteiger partial charge in [-0.1, -0.05) is 18.2 Å². The molecule has 1 atom stereocenters. The number of hydrogen-bond acceptors (Lipinski definition) is 5. The number of para-hydroxylation sites is 1. The number of ether oxygens (including phenoxy) is 1. The topological polar surface area (TPSA) is 138 Å². The SMILES string of the molecule is Cc1cc2c(cc1NC(=O)OCCCC(=O)N[C@@H](CC(=O)O)C(=O)CF)[nH]c1ccccc12. The van der Waals surface area contributed by atoms with Gasteiger partial charge in [0, 0.05) is 33.9 Å². The van der Waals surface area contributed by atoms with Gasteiger partial charge < -0.3 is 20.1 Å². The molecule has 0 aliphatic rings. The molecule has 4 N–H and O–H groups in total. The van der Waals surface area contributed by atoms with Gasteiger partial charge in [0.25, 0.3) is 0 Å². The van der Waals surface area contributed by atoms with Gasteiger partial charge in [-0.05, 0) is 37.1 Å². The molecule has 33 heavy (non-hydrogen) atoms. The van der Waals surface area contributed by atoms with Gasteiger partial charge in [-0.15, -0.1) is 0 Å². The zero-order valence-corrected chi connectivity index (χ0v) is 17.9. The van der Waals surface area contributed by atoms with E-state index in [9.17, 15) is 23.6 Å². The van der Waals surface area contributed by atoms with Crippen molar-refractivity contribution >= 4 is 51.2 Å². The Bertz CT molecular complexity index is 1210. The lowest BCUT2D eigenvalue weighted by atomic mass is 10.1. The van der Waals surface area contributed by atoms with Crippen LogP contribution in [0.4, 0.5) is 14.9 Å². The molecule has 174 valence electrons. The van der Waals surface area contributed by atoms with Crippen LogP contribution >= 0.6 is 0 Å². The number of aryl methyl sites for hydroxylation is 1. The molecule has 0 aliphatic carbocycles. The summed E-state index contributed by atoms with van der Waals surface area (Å²) in [5.74, 6) is -2.97. The largest absolute Gasteiger partial charge is 0.481 e. The number of benzene rings is 2. The summed E-state index contributed by atoms with van der Waals surface area (Å²) >= 11 is 0. The van der Waals surface area contributed by atoms with Gasteiger partial charge in [-0.25, -0.2) is 9.18 Å². The summed E-state index contributed by atoms with van der Waals surface area (Å²) in [5.41, 5.74) is 3.29. The third-order valence-electron chi connectivity index (χ3n) is 5.10. The first kappa shape index (κ1) is 23.7. The van der Waals surface area contributed by atoms with Gasteiger partial charge in [-0.2, -0.15) is 0 Å². The Morgan fingerprint density at radius 1 is 1.12 bits per heavy atom. The molecular weight excluding hydrogens is 433 g/mol. The molecule has 1 aromatic heterocycles. The van der Waals surface area contributed by atoms with Crippen molar-refractivity contribution < 1.29 is 33.4 Å². The summed E-state index contributed by atoms with van der Waals surface area (Å²) in [6.07, 6.45) is -1.37. The standard InChI is InChI=1S/C23H24FN3O6/c1-13-9-15-14-5-2-3-6-16(14)25-18(15)10-17(13)27-23(32)33-8-4-7-21(29)26-19(11-22(30)31)20(28)12-24/h2-3,5-6,9-10,19,25H,4,7-8,11-12H2,1H3,(H,26,29)(H,27,32)(H,30,31)/t19-/m0/s1. The summed E-state index contributed by atoms with van der Waals surface area (Å²) in [7, 11) is 0. The van der Waals surface area contributed by atoms with Crippen LogP contribution in [0.15, 0.2) is 36.4 Å². The van der Waals surface area contributed by atoms with E-state index >= 15 is 0 Å². The highest BCUT2D eigenvalue weighted by Crippen LogP contribution is 2.29. The van der Waals surface area contributed by atoms with E-state index in [-0.39, 0.29) is 19.4 Å². The Morgan fingerprint density at radius 3 is 2.61 bits per heavy atom. The van der Waals surface area contributed by atoms with Crippen LogP contribution < -0.4 is 10.6 Å². The van der Waals surface area contributed by atoms with Crippen molar-refractivity contribution in [3.63, 3.8) is 0 Å². The molecular formula is C23H24FN3O6. The van der Waals surface area contributed by atoms with Crippen molar-refractivity contribution in [1.29, 1.82) is 0 Å². The van der Waals surface area contributed by atoms with E-state index in [1.165, 1.54) is 0 Å². The van der Waals surface area contributed by atoms with E-state index < -0.39 is 42.9 Å².